The van der Waals surface area contributed by atoms with E-state index in [2.05, 4.69) is 0 Å². The Bertz CT molecular complexity index is 333. The van der Waals surface area contributed by atoms with E-state index in [4.69, 9.17) is 5.73 Å². The van der Waals surface area contributed by atoms with Gasteiger partial charge in [-0.3, -0.25) is 4.79 Å². The molecule has 13 heavy (non-hydrogen) atoms. The lowest BCUT2D eigenvalue weighted by atomic mass is 10.2. The van der Waals surface area contributed by atoms with Crippen LogP contribution < -0.4 is 5.73 Å². The Labute approximate surface area is 81.8 Å². The highest BCUT2D eigenvalue weighted by atomic mass is 32.2. The van der Waals surface area contributed by atoms with Gasteiger partial charge in [0.25, 0.3) is 0 Å². The van der Waals surface area contributed by atoms with Crippen LogP contribution in [0.4, 0.5) is 0 Å². The van der Waals surface area contributed by atoms with E-state index in [0.717, 1.165) is 4.90 Å². The Hall–Kier alpha value is -1.22. The van der Waals surface area contributed by atoms with Crippen molar-refractivity contribution in [2.75, 3.05) is 0 Å². The van der Waals surface area contributed by atoms with Crippen molar-refractivity contribution in [3.8, 4) is 0 Å². The van der Waals surface area contributed by atoms with Crippen LogP contribution in [0.3, 0.4) is 0 Å². The molecule has 0 atom stereocenters. The smallest absolute Gasteiger partial charge is 0.241 e. The number of carbonyl (C=O) groups excluding carboxylic acids is 1. The van der Waals surface area contributed by atoms with E-state index in [1.165, 1.54) is 23.4 Å². The molecule has 0 saturated carbocycles. The average molecular weight is 193 g/mol. The second-order valence-electron chi connectivity index (χ2n) is 2.59. The third-order valence-electron chi connectivity index (χ3n) is 1.52. The number of primary amides is 1. The lowest BCUT2D eigenvalue weighted by Gasteiger charge is -1.99. The van der Waals surface area contributed by atoms with Crippen molar-refractivity contribution in [2.24, 2.45) is 5.73 Å². The summed E-state index contributed by atoms with van der Waals surface area (Å²) in [6.45, 7) is 2.03. The number of hydrogen-bond acceptors (Lipinski definition) is 2. The van der Waals surface area contributed by atoms with Crippen LogP contribution >= 0.6 is 11.8 Å². The van der Waals surface area contributed by atoms with Gasteiger partial charge in [-0.1, -0.05) is 30.0 Å². The molecule has 3 heteroatoms. The second kappa shape index (κ2) is 4.72. The maximum Gasteiger partial charge on any atom is 0.241 e. The van der Waals surface area contributed by atoms with Gasteiger partial charge in [0.2, 0.25) is 5.91 Å². The molecule has 0 aromatic heterocycles. The molecule has 0 aliphatic rings. The van der Waals surface area contributed by atoms with Crippen molar-refractivity contribution < 1.29 is 4.79 Å². The van der Waals surface area contributed by atoms with Gasteiger partial charge in [-0.15, -0.1) is 0 Å². The minimum absolute atomic E-state index is 0.416. The Kier molecular flexibility index (Phi) is 3.58. The Morgan fingerprint density at radius 2 is 2.15 bits per heavy atom. The molecule has 0 aliphatic carbocycles. The molecule has 0 aliphatic heterocycles. The molecule has 0 heterocycles. The first kappa shape index (κ1) is 9.86. The number of aryl methyl sites for hydroxylation is 1. The number of benzene rings is 1. The van der Waals surface area contributed by atoms with E-state index in [9.17, 15) is 4.79 Å². The largest absolute Gasteiger partial charge is 0.366 e. The van der Waals surface area contributed by atoms with E-state index in [1.54, 1.807) is 5.41 Å². The minimum atomic E-state index is -0.416. The van der Waals surface area contributed by atoms with Crippen LogP contribution in [-0.2, 0) is 4.79 Å². The molecule has 1 amide bonds. The van der Waals surface area contributed by atoms with Crippen LogP contribution in [0.5, 0.6) is 0 Å². The quantitative estimate of drug-likeness (QED) is 0.590. The van der Waals surface area contributed by atoms with E-state index in [0.29, 0.717) is 0 Å². The van der Waals surface area contributed by atoms with Crippen LogP contribution in [0.25, 0.3) is 0 Å². The molecule has 0 unspecified atom stereocenters. The highest BCUT2D eigenvalue weighted by Crippen LogP contribution is 2.22. The monoisotopic (exact) mass is 193 g/mol. The summed E-state index contributed by atoms with van der Waals surface area (Å²) in [6.07, 6.45) is 1.36. The maximum absolute atomic E-state index is 10.4. The van der Waals surface area contributed by atoms with Crippen LogP contribution in [0, 0.1) is 6.92 Å². The number of nitrogens with two attached hydrogens (primary N) is 1. The maximum atomic E-state index is 10.4. The highest BCUT2D eigenvalue weighted by Gasteiger charge is 1.93. The van der Waals surface area contributed by atoms with E-state index < -0.39 is 5.91 Å². The molecule has 2 N–H and O–H groups in total. The van der Waals surface area contributed by atoms with Crippen molar-refractivity contribution in [2.45, 2.75) is 11.8 Å². The van der Waals surface area contributed by atoms with Gasteiger partial charge < -0.3 is 5.73 Å². The fourth-order valence-electron chi connectivity index (χ4n) is 0.863. The van der Waals surface area contributed by atoms with E-state index >= 15 is 0 Å². The first-order valence-electron chi connectivity index (χ1n) is 3.88. The fourth-order valence-corrected chi connectivity index (χ4v) is 1.62. The van der Waals surface area contributed by atoms with Gasteiger partial charge in [0, 0.05) is 11.0 Å². The van der Waals surface area contributed by atoms with Gasteiger partial charge in [0.15, 0.2) is 0 Å². The molecule has 0 bridgehead atoms. The van der Waals surface area contributed by atoms with Gasteiger partial charge in [-0.2, -0.15) is 0 Å². The first-order chi connectivity index (χ1) is 6.20. The van der Waals surface area contributed by atoms with Crippen molar-refractivity contribution in [1.82, 2.24) is 0 Å². The zero-order chi connectivity index (χ0) is 9.68. The molecule has 0 saturated heterocycles. The molecule has 2 nitrogen and oxygen atoms in total. The van der Waals surface area contributed by atoms with Crippen molar-refractivity contribution in [3.63, 3.8) is 0 Å². The van der Waals surface area contributed by atoms with Crippen LogP contribution in [0.2, 0.25) is 0 Å². The van der Waals surface area contributed by atoms with E-state index in [-0.39, 0.29) is 0 Å². The summed E-state index contributed by atoms with van der Waals surface area (Å²) < 4.78 is 0. The lowest BCUT2D eigenvalue weighted by Crippen LogP contribution is -2.04. The molecule has 0 radical (unpaired) electrons. The normalized spacial score (nSPS) is 10.5. The molecule has 68 valence electrons. The zero-order valence-corrected chi connectivity index (χ0v) is 8.17. The summed E-state index contributed by atoms with van der Waals surface area (Å²) in [6, 6.07) is 7.98. The van der Waals surface area contributed by atoms with Crippen molar-refractivity contribution in [1.29, 1.82) is 0 Å². The predicted molar refractivity (Wildman–Crippen MR) is 55.4 cm³/mol. The van der Waals surface area contributed by atoms with Crippen molar-refractivity contribution >= 4 is 17.7 Å². The Balaban J connectivity index is 2.64. The summed E-state index contributed by atoms with van der Waals surface area (Å²) >= 11 is 1.49. The number of hydrogen-bond donors (Lipinski definition) is 1. The number of amides is 1. The molecular formula is C10H11NOS. The first-order valence-corrected chi connectivity index (χ1v) is 4.76. The Morgan fingerprint density at radius 3 is 2.77 bits per heavy atom. The van der Waals surface area contributed by atoms with Crippen molar-refractivity contribution in [3.05, 3.63) is 41.3 Å². The van der Waals surface area contributed by atoms with E-state index in [1.807, 2.05) is 31.2 Å². The van der Waals surface area contributed by atoms with Gasteiger partial charge in [-0.05, 0) is 24.0 Å². The summed E-state index contributed by atoms with van der Waals surface area (Å²) in [4.78, 5) is 11.5. The SMILES string of the molecule is Cc1ccccc1SC=CC(N)=O. The van der Waals surface area contributed by atoms with Crippen LogP contribution in [0.15, 0.2) is 40.6 Å². The van der Waals surface area contributed by atoms with Crippen LogP contribution in [0.1, 0.15) is 5.56 Å². The number of carbonyl (C=O) groups is 1. The van der Waals surface area contributed by atoms with Gasteiger partial charge >= 0.3 is 0 Å². The van der Waals surface area contributed by atoms with Gasteiger partial charge in [0.1, 0.15) is 0 Å². The Morgan fingerprint density at radius 1 is 1.46 bits per heavy atom. The standard InChI is InChI=1S/C10H11NOS/c1-8-4-2-3-5-9(8)13-7-6-10(11)12/h2-7H,1H3,(H2,11,12). The molecule has 0 spiro atoms. The fraction of sp³-hybridized carbons (Fsp3) is 0.100. The minimum Gasteiger partial charge on any atom is -0.366 e. The molecule has 1 aromatic carbocycles. The summed E-state index contributed by atoms with van der Waals surface area (Å²) in [7, 11) is 0. The molecule has 1 aromatic rings. The lowest BCUT2D eigenvalue weighted by molar-refractivity contribution is -0.113. The second-order valence-corrected chi connectivity index (χ2v) is 3.54. The summed E-state index contributed by atoms with van der Waals surface area (Å²) in [5.41, 5.74) is 6.15. The summed E-state index contributed by atoms with van der Waals surface area (Å²) in [5, 5.41) is 1.70. The third kappa shape index (κ3) is 3.34. The third-order valence-corrected chi connectivity index (χ3v) is 2.51. The average Bonchev–Trinajstić information content (AvgIpc) is 2.08. The topological polar surface area (TPSA) is 43.1 Å². The molecule has 0 fully saturated rings. The molecular weight excluding hydrogens is 182 g/mol. The molecule has 1 rings (SSSR count). The number of thioether (sulfide) groups is 1. The number of rotatable bonds is 3. The highest BCUT2D eigenvalue weighted by molar-refractivity contribution is 8.02. The van der Waals surface area contributed by atoms with Gasteiger partial charge in [0.05, 0.1) is 0 Å². The zero-order valence-electron chi connectivity index (χ0n) is 7.36. The van der Waals surface area contributed by atoms with Gasteiger partial charge in [-0.25, -0.2) is 0 Å². The predicted octanol–water partition coefficient (Wildman–Crippen LogP) is 2.09. The van der Waals surface area contributed by atoms with Crippen LogP contribution in [-0.4, -0.2) is 5.91 Å². The summed E-state index contributed by atoms with van der Waals surface area (Å²) in [5.74, 6) is -0.416.